The van der Waals surface area contributed by atoms with Gasteiger partial charge >= 0.3 is 6.18 Å². The van der Waals surface area contributed by atoms with Crippen LogP contribution in [0.15, 0.2) is 30.5 Å². The zero-order valence-corrected chi connectivity index (χ0v) is 20.6. The van der Waals surface area contributed by atoms with Gasteiger partial charge in [-0.15, -0.1) is 4.31 Å². The number of rotatable bonds is 4. The molecule has 0 saturated carbocycles. The van der Waals surface area contributed by atoms with E-state index in [2.05, 4.69) is 10.1 Å². The number of fused-ring (bicyclic) bond motifs is 3. The van der Waals surface area contributed by atoms with Crippen LogP contribution in [0.1, 0.15) is 44.5 Å². The fourth-order valence-corrected chi connectivity index (χ4v) is 5.69. The van der Waals surface area contributed by atoms with Gasteiger partial charge in [-0.1, -0.05) is 17.7 Å². The van der Waals surface area contributed by atoms with Gasteiger partial charge < -0.3 is 9.45 Å². The zero-order valence-electron chi connectivity index (χ0n) is 19.0. The lowest BCUT2D eigenvalue weighted by atomic mass is 10.0. The van der Waals surface area contributed by atoms with Gasteiger partial charge in [-0.25, -0.2) is 13.9 Å². The number of nitrogens with zero attached hydrogens (tertiary/aromatic N) is 5. The van der Waals surface area contributed by atoms with E-state index in [0.717, 1.165) is 23.1 Å². The molecule has 3 heterocycles. The van der Waals surface area contributed by atoms with Crippen LogP contribution in [0.5, 0.6) is 0 Å². The molecule has 3 aromatic rings. The largest absolute Gasteiger partial charge is 0.597 e. The molecule has 0 bridgehead atoms. The van der Waals surface area contributed by atoms with Crippen molar-refractivity contribution >= 4 is 40.0 Å². The summed E-state index contributed by atoms with van der Waals surface area (Å²) in [4.78, 5) is 6.01. The van der Waals surface area contributed by atoms with E-state index >= 15 is 4.39 Å². The molecule has 0 amide bonds. The van der Waals surface area contributed by atoms with Crippen LogP contribution < -0.4 is 4.90 Å². The summed E-state index contributed by atoms with van der Waals surface area (Å²) in [6.07, 6.45) is -1.81. The lowest BCUT2D eigenvalue weighted by Gasteiger charge is -2.36. The lowest BCUT2D eigenvalue weighted by Crippen LogP contribution is -2.46. The summed E-state index contributed by atoms with van der Waals surface area (Å²) < 4.78 is 71.4. The maximum Gasteiger partial charge on any atom is 0.412 e. The number of aryl methyl sites for hydroxylation is 1. The number of hydrogen-bond donors (Lipinski definition) is 0. The number of halogens is 5. The second-order valence-electron chi connectivity index (χ2n) is 9.15. The molecule has 0 aliphatic carbocycles. The molecule has 184 valence electrons. The van der Waals surface area contributed by atoms with Crippen molar-refractivity contribution in [3.63, 3.8) is 0 Å². The lowest BCUT2D eigenvalue weighted by molar-refractivity contribution is -0.171. The number of hydrogen-bond acceptors (Lipinski definition) is 5. The Hall–Kier alpha value is -2.08. The molecule has 12 heteroatoms. The molecule has 2 aromatic heterocycles. The summed E-state index contributed by atoms with van der Waals surface area (Å²) in [7, 11) is 1.14. The molecule has 0 unspecified atom stereocenters. The summed E-state index contributed by atoms with van der Waals surface area (Å²) >= 11 is 4.04. The van der Waals surface area contributed by atoms with E-state index in [1.54, 1.807) is 42.4 Å². The molecule has 0 N–H and O–H groups in total. The van der Waals surface area contributed by atoms with Crippen LogP contribution in [0.3, 0.4) is 0 Å². The van der Waals surface area contributed by atoms with Crippen molar-refractivity contribution in [1.82, 2.24) is 18.9 Å². The first-order valence-electron chi connectivity index (χ1n) is 10.6. The molecule has 0 spiro atoms. The molecule has 0 saturated heterocycles. The Kier molecular flexibility index (Phi) is 6.52. The summed E-state index contributed by atoms with van der Waals surface area (Å²) in [6.45, 7) is 5.22. The molecule has 1 aliphatic heterocycles. The minimum atomic E-state index is -4.75. The van der Waals surface area contributed by atoms with Gasteiger partial charge in [-0.2, -0.15) is 18.3 Å². The van der Waals surface area contributed by atoms with Crippen molar-refractivity contribution in [3.05, 3.63) is 52.7 Å². The van der Waals surface area contributed by atoms with Gasteiger partial charge in [0, 0.05) is 31.0 Å². The van der Waals surface area contributed by atoms with Crippen LogP contribution in [-0.2, 0) is 17.8 Å². The van der Waals surface area contributed by atoms with E-state index in [1.807, 2.05) is 0 Å². The summed E-state index contributed by atoms with van der Waals surface area (Å²) in [5, 5.41) is 4.52. The Morgan fingerprint density at radius 2 is 1.88 bits per heavy atom. The third-order valence-corrected chi connectivity index (χ3v) is 7.62. The number of benzene rings is 1. The van der Waals surface area contributed by atoms with Gasteiger partial charge in [0.15, 0.2) is 16.8 Å². The van der Waals surface area contributed by atoms with Gasteiger partial charge in [-0.05, 0) is 51.3 Å². The minimum Gasteiger partial charge on any atom is -0.597 e. The summed E-state index contributed by atoms with van der Waals surface area (Å²) in [5.74, 6) is -0.812. The fourth-order valence-electron chi connectivity index (χ4n) is 4.22. The first-order valence-corrected chi connectivity index (χ1v) is 12.1. The Bertz CT molecular complexity index is 1210. The Morgan fingerprint density at radius 3 is 2.50 bits per heavy atom. The van der Waals surface area contributed by atoms with Crippen molar-refractivity contribution in [2.24, 2.45) is 0 Å². The monoisotopic (exact) mass is 517 g/mol. The normalized spacial score (nSPS) is 16.7. The van der Waals surface area contributed by atoms with Gasteiger partial charge in [0.25, 0.3) is 0 Å². The van der Waals surface area contributed by atoms with Crippen molar-refractivity contribution in [2.45, 2.75) is 50.6 Å². The predicted octanol–water partition coefficient (Wildman–Crippen LogP) is 5.60. The highest BCUT2D eigenvalue weighted by Crippen LogP contribution is 2.42. The highest BCUT2D eigenvalue weighted by atomic mass is 35.5. The first kappa shape index (κ1) is 25.0. The number of alkyl halides is 3. The predicted molar refractivity (Wildman–Crippen MR) is 124 cm³/mol. The van der Waals surface area contributed by atoms with Crippen molar-refractivity contribution < 1.29 is 22.1 Å². The molecule has 0 fully saturated rings. The maximum absolute atomic E-state index is 15.3. The Morgan fingerprint density at radius 1 is 1.18 bits per heavy atom. The molecular formula is C22H24ClF4N5OS. The van der Waals surface area contributed by atoms with Crippen LogP contribution in [0.2, 0.25) is 5.15 Å². The molecule has 34 heavy (non-hydrogen) atoms. The third-order valence-electron chi connectivity index (χ3n) is 5.65. The second-order valence-corrected chi connectivity index (χ2v) is 11.8. The zero-order chi connectivity index (χ0) is 25.0. The number of anilines is 2. The third kappa shape index (κ3) is 4.58. The van der Waals surface area contributed by atoms with Crippen molar-refractivity contribution in [1.29, 1.82) is 0 Å². The standard InChI is InChI=1S/C22H24ClF4N5OS/c1-21(2,3)34(33)30(4)20(22(25,26)27)13-7-8-15(14(24)10-13)31-9-5-6-16-17(31)12-28-19-11-18(23)29-32(16)19/h7-8,10-12,20H,5-6,9H2,1-4H3/t20-,34+/m0/s1. The van der Waals surface area contributed by atoms with Crippen LogP contribution in [0.4, 0.5) is 28.9 Å². The molecule has 4 rings (SSSR count). The van der Waals surface area contributed by atoms with E-state index in [4.69, 9.17) is 11.6 Å². The van der Waals surface area contributed by atoms with E-state index in [0.29, 0.717) is 30.7 Å². The SMILES string of the molecule is CN([C@@H](c1ccc(N2CCCc3c2cnc2cc(Cl)nn32)c(F)c1)C(F)(F)F)[S@+]([O-])C(C)(C)C. The topological polar surface area (TPSA) is 59.7 Å². The highest BCUT2D eigenvalue weighted by molar-refractivity contribution is 7.90. The molecule has 0 radical (unpaired) electrons. The molecule has 2 atom stereocenters. The van der Waals surface area contributed by atoms with Crippen LogP contribution in [-0.4, -0.2) is 48.0 Å². The average Bonchev–Trinajstić information content (AvgIpc) is 3.12. The van der Waals surface area contributed by atoms with E-state index in [1.165, 1.54) is 12.1 Å². The van der Waals surface area contributed by atoms with Gasteiger partial charge in [0.2, 0.25) is 0 Å². The molecule has 1 aliphatic rings. The van der Waals surface area contributed by atoms with Crippen LogP contribution >= 0.6 is 11.6 Å². The van der Waals surface area contributed by atoms with Crippen LogP contribution in [0, 0.1) is 5.82 Å². The highest BCUT2D eigenvalue weighted by Gasteiger charge is 2.50. The van der Waals surface area contributed by atoms with Crippen molar-refractivity contribution in [2.75, 3.05) is 18.5 Å². The van der Waals surface area contributed by atoms with Crippen LogP contribution in [0.25, 0.3) is 5.65 Å². The van der Waals surface area contributed by atoms with Gasteiger partial charge in [0.1, 0.15) is 10.6 Å². The van der Waals surface area contributed by atoms with Crippen molar-refractivity contribution in [3.8, 4) is 0 Å². The summed E-state index contributed by atoms with van der Waals surface area (Å²) in [5.41, 5.74) is 1.77. The maximum atomic E-state index is 15.3. The molecule has 1 aromatic carbocycles. The Labute approximate surface area is 202 Å². The fraction of sp³-hybridized carbons (Fsp3) is 0.455. The number of aromatic nitrogens is 3. The summed E-state index contributed by atoms with van der Waals surface area (Å²) in [6, 6.07) is 2.82. The van der Waals surface area contributed by atoms with E-state index in [-0.39, 0.29) is 16.4 Å². The average molecular weight is 518 g/mol. The molecular weight excluding hydrogens is 494 g/mol. The smallest absolute Gasteiger partial charge is 0.412 e. The minimum absolute atomic E-state index is 0.129. The van der Waals surface area contributed by atoms with E-state index < -0.39 is 34.1 Å². The first-order chi connectivity index (χ1) is 15.8. The van der Waals surface area contributed by atoms with Gasteiger partial charge in [-0.3, -0.25) is 0 Å². The molecule has 6 nitrogen and oxygen atoms in total. The Balaban J connectivity index is 1.73. The second kappa shape index (κ2) is 8.85. The quantitative estimate of drug-likeness (QED) is 0.333. The van der Waals surface area contributed by atoms with E-state index in [9.17, 15) is 17.7 Å². The van der Waals surface area contributed by atoms with Gasteiger partial charge in [0.05, 0.1) is 23.3 Å².